The molecule has 0 spiro atoms. The van der Waals surface area contributed by atoms with Gasteiger partial charge in [-0.2, -0.15) is 0 Å². The molecule has 3 aromatic rings. The minimum atomic E-state index is -1.15. The topological polar surface area (TPSA) is 101 Å². The molecule has 7 nitrogen and oxygen atoms in total. The van der Waals surface area contributed by atoms with Crippen LogP contribution in [0.1, 0.15) is 41.6 Å². The van der Waals surface area contributed by atoms with Crippen LogP contribution in [-0.4, -0.2) is 40.7 Å². The molecule has 0 aliphatic heterocycles. The lowest BCUT2D eigenvalue weighted by atomic mass is 9.86. The Balaban J connectivity index is 1.25. The van der Waals surface area contributed by atoms with Crippen LogP contribution in [0.25, 0.3) is 0 Å². The molecule has 1 aliphatic carbocycles. The van der Waals surface area contributed by atoms with E-state index < -0.39 is 17.9 Å². The predicted molar refractivity (Wildman–Crippen MR) is 145 cm³/mol. The number of anilines is 1. The van der Waals surface area contributed by atoms with Crippen LogP contribution in [-0.2, 0) is 11.2 Å². The molecule has 1 aromatic heterocycles. The van der Waals surface area contributed by atoms with Gasteiger partial charge in [0.15, 0.2) is 0 Å². The Bertz CT molecular complexity index is 1180. The average molecular weight is 542 g/mol. The van der Waals surface area contributed by atoms with Crippen molar-refractivity contribution in [3.8, 4) is 5.75 Å². The van der Waals surface area contributed by atoms with Crippen molar-refractivity contribution in [3.05, 3.63) is 88.0 Å². The van der Waals surface area contributed by atoms with E-state index in [0.29, 0.717) is 18.6 Å². The largest absolute Gasteiger partial charge is 0.493 e. The zero-order valence-corrected chi connectivity index (χ0v) is 21.7. The SMILES string of the molecule is O=C(NC(Cc1ccc(OCC2CCC(Nc3ccccn3)CC2)cc1)C(=O)O)c1c(Cl)cccc1Cl. The molecule has 1 unspecified atom stereocenters. The Hall–Kier alpha value is -3.29. The number of ether oxygens (including phenoxy) is 1. The third-order valence-corrected chi connectivity index (χ3v) is 7.14. The highest BCUT2D eigenvalue weighted by Crippen LogP contribution is 2.27. The Kier molecular flexibility index (Phi) is 9.25. The van der Waals surface area contributed by atoms with Gasteiger partial charge in [-0.1, -0.05) is 47.5 Å². The van der Waals surface area contributed by atoms with E-state index in [1.807, 2.05) is 42.5 Å². The van der Waals surface area contributed by atoms with Crippen LogP contribution >= 0.6 is 23.2 Å². The van der Waals surface area contributed by atoms with E-state index in [0.717, 1.165) is 42.8 Å². The van der Waals surface area contributed by atoms with E-state index in [4.69, 9.17) is 27.9 Å². The van der Waals surface area contributed by atoms with Crippen molar-refractivity contribution in [1.82, 2.24) is 10.3 Å². The second-order valence-electron chi connectivity index (χ2n) is 9.20. The quantitative estimate of drug-likeness (QED) is 0.297. The number of benzene rings is 2. The van der Waals surface area contributed by atoms with Gasteiger partial charge in [0.05, 0.1) is 22.2 Å². The van der Waals surface area contributed by atoms with Gasteiger partial charge in [-0.3, -0.25) is 4.79 Å². The van der Waals surface area contributed by atoms with Gasteiger partial charge >= 0.3 is 5.97 Å². The molecule has 1 fully saturated rings. The summed E-state index contributed by atoms with van der Waals surface area (Å²) in [5.74, 6) is 0.360. The Morgan fingerprint density at radius 3 is 2.30 bits per heavy atom. The number of hydrogen-bond acceptors (Lipinski definition) is 5. The summed E-state index contributed by atoms with van der Waals surface area (Å²) in [7, 11) is 0. The van der Waals surface area contributed by atoms with E-state index in [9.17, 15) is 14.7 Å². The van der Waals surface area contributed by atoms with Gasteiger partial charge in [0, 0.05) is 18.7 Å². The summed E-state index contributed by atoms with van der Waals surface area (Å²) < 4.78 is 6.01. The highest BCUT2D eigenvalue weighted by Gasteiger charge is 2.24. The number of carboxylic acids is 1. The smallest absolute Gasteiger partial charge is 0.326 e. The molecule has 0 saturated heterocycles. The maximum Gasteiger partial charge on any atom is 0.326 e. The van der Waals surface area contributed by atoms with Crippen LogP contribution in [0.2, 0.25) is 10.0 Å². The van der Waals surface area contributed by atoms with Crippen LogP contribution in [0.3, 0.4) is 0 Å². The monoisotopic (exact) mass is 541 g/mol. The Morgan fingerprint density at radius 1 is 0.973 bits per heavy atom. The van der Waals surface area contributed by atoms with Gasteiger partial charge < -0.3 is 20.5 Å². The molecule has 1 amide bonds. The normalized spacial score (nSPS) is 18.0. The first-order chi connectivity index (χ1) is 17.9. The molecule has 1 heterocycles. The standard InChI is InChI=1S/C28H29Cl2N3O4/c29-22-4-3-5-23(30)26(22)27(34)33-24(28(35)36)16-18-9-13-21(14-10-18)37-17-19-7-11-20(12-8-19)32-25-6-1-2-15-31-25/h1-6,9-10,13-15,19-20,24H,7-8,11-12,16-17H2,(H,31,32)(H,33,34)(H,35,36). The number of hydrogen-bond donors (Lipinski definition) is 3. The molecule has 1 aliphatic rings. The summed E-state index contributed by atoms with van der Waals surface area (Å²) >= 11 is 12.2. The second-order valence-corrected chi connectivity index (χ2v) is 10.0. The first kappa shape index (κ1) is 26.8. The summed E-state index contributed by atoms with van der Waals surface area (Å²) in [5, 5.41) is 16.0. The van der Waals surface area contributed by atoms with Crippen molar-refractivity contribution in [2.45, 2.75) is 44.2 Å². The summed E-state index contributed by atoms with van der Waals surface area (Å²) in [6, 6.07) is 17.1. The zero-order chi connectivity index (χ0) is 26.2. The number of aromatic nitrogens is 1. The molecule has 0 radical (unpaired) electrons. The van der Waals surface area contributed by atoms with Crippen molar-refractivity contribution in [3.63, 3.8) is 0 Å². The molecule has 0 bridgehead atoms. The van der Waals surface area contributed by atoms with Gasteiger partial charge in [0.2, 0.25) is 0 Å². The number of carboxylic acid groups (broad SMARTS) is 1. The number of carbonyl (C=O) groups excluding carboxylic acids is 1. The second kappa shape index (κ2) is 12.8. The molecule has 3 N–H and O–H groups in total. The fourth-order valence-corrected chi connectivity index (χ4v) is 5.02. The van der Waals surface area contributed by atoms with Crippen LogP contribution < -0.4 is 15.4 Å². The lowest BCUT2D eigenvalue weighted by molar-refractivity contribution is -0.139. The number of nitrogens with zero attached hydrogens (tertiary/aromatic N) is 1. The fraction of sp³-hybridized carbons (Fsp3) is 0.321. The molecular formula is C28H29Cl2N3O4. The number of aliphatic carboxylic acids is 1. The van der Waals surface area contributed by atoms with Gasteiger partial charge in [-0.05, 0) is 73.6 Å². The van der Waals surface area contributed by atoms with Gasteiger partial charge in [-0.25, -0.2) is 9.78 Å². The van der Waals surface area contributed by atoms with Crippen LogP contribution in [0.5, 0.6) is 5.75 Å². The van der Waals surface area contributed by atoms with Crippen molar-refractivity contribution in [2.75, 3.05) is 11.9 Å². The lowest BCUT2D eigenvalue weighted by Gasteiger charge is -2.29. The van der Waals surface area contributed by atoms with E-state index in [1.54, 1.807) is 12.3 Å². The number of amides is 1. The van der Waals surface area contributed by atoms with Crippen molar-refractivity contribution in [2.24, 2.45) is 5.92 Å². The molecule has 37 heavy (non-hydrogen) atoms. The predicted octanol–water partition coefficient (Wildman–Crippen LogP) is 5.86. The van der Waals surface area contributed by atoms with E-state index in [2.05, 4.69) is 15.6 Å². The molecule has 4 rings (SSSR count). The maximum absolute atomic E-state index is 12.6. The van der Waals surface area contributed by atoms with E-state index >= 15 is 0 Å². The summed E-state index contributed by atoms with van der Waals surface area (Å²) in [6.07, 6.45) is 6.21. The van der Waals surface area contributed by atoms with Crippen LogP contribution in [0.4, 0.5) is 5.82 Å². The van der Waals surface area contributed by atoms with Gasteiger partial charge in [-0.15, -0.1) is 0 Å². The first-order valence-electron chi connectivity index (χ1n) is 12.3. The number of carbonyl (C=O) groups is 2. The summed E-state index contributed by atoms with van der Waals surface area (Å²) in [5.41, 5.74) is 0.814. The highest BCUT2D eigenvalue weighted by molar-refractivity contribution is 6.39. The molecule has 9 heteroatoms. The van der Waals surface area contributed by atoms with E-state index in [1.165, 1.54) is 12.1 Å². The number of pyridine rings is 1. The van der Waals surface area contributed by atoms with Crippen molar-refractivity contribution >= 4 is 40.9 Å². The Labute approximate surface area is 226 Å². The summed E-state index contributed by atoms with van der Waals surface area (Å²) in [6.45, 7) is 0.641. The van der Waals surface area contributed by atoms with Gasteiger partial charge in [0.25, 0.3) is 5.91 Å². The molecule has 1 saturated carbocycles. The van der Waals surface area contributed by atoms with Crippen LogP contribution in [0.15, 0.2) is 66.9 Å². The minimum absolute atomic E-state index is 0.0578. The number of halogens is 2. The minimum Gasteiger partial charge on any atom is -0.493 e. The number of rotatable bonds is 10. The first-order valence-corrected chi connectivity index (χ1v) is 13.0. The van der Waals surface area contributed by atoms with Crippen molar-refractivity contribution < 1.29 is 19.4 Å². The van der Waals surface area contributed by atoms with E-state index in [-0.39, 0.29) is 22.0 Å². The number of nitrogens with one attached hydrogen (secondary N) is 2. The molecule has 194 valence electrons. The molecular weight excluding hydrogens is 513 g/mol. The summed E-state index contributed by atoms with van der Waals surface area (Å²) in [4.78, 5) is 28.8. The Morgan fingerprint density at radius 2 is 1.68 bits per heavy atom. The molecule has 2 aromatic carbocycles. The molecule has 1 atom stereocenters. The fourth-order valence-electron chi connectivity index (χ4n) is 4.45. The zero-order valence-electron chi connectivity index (χ0n) is 20.2. The third kappa shape index (κ3) is 7.60. The third-order valence-electron chi connectivity index (χ3n) is 6.51. The lowest BCUT2D eigenvalue weighted by Crippen LogP contribution is -2.42. The van der Waals surface area contributed by atoms with Crippen molar-refractivity contribution in [1.29, 1.82) is 0 Å². The van der Waals surface area contributed by atoms with Gasteiger partial charge in [0.1, 0.15) is 17.6 Å². The highest BCUT2D eigenvalue weighted by atomic mass is 35.5. The maximum atomic E-state index is 12.6. The van der Waals surface area contributed by atoms with Crippen LogP contribution in [0, 0.1) is 5.92 Å². The average Bonchev–Trinajstić information content (AvgIpc) is 2.89.